The molecule has 0 saturated carbocycles. The number of fused-ring (bicyclic) bond motifs is 5. The first-order chi connectivity index (χ1) is 13.8. The molecule has 4 heteroatoms. The Kier molecular flexibility index (Phi) is 4.57. The number of pyridine rings is 1. The van der Waals surface area contributed by atoms with Crippen molar-refractivity contribution >= 4 is 16.8 Å². The number of carbonyl (C=O) groups is 1. The average molecular weight is 371 g/mol. The van der Waals surface area contributed by atoms with Gasteiger partial charge in [0, 0.05) is 43.8 Å². The quantitative estimate of drug-likeness (QED) is 0.699. The van der Waals surface area contributed by atoms with Crippen LogP contribution in [-0.2, 0) is 6.54 Å². The summed E-state index contributed by atoms with van der Waals surface area (Å²) in [5.74, 6) is 0.717. The molecule has 0 radical (unpaired) electrons. The maximum atomic E-state index is 13.5. The van der Waals surface area contributed by atoms with Crippen LogP contribution >= 0.6 is 0 Å². The highest BCUT2D eigenvalue weighted by molar-refractivity contribution is 6.06. The molecule has 2 bridgehead atoms. The SMILES string of the molecule is O=C(c1ccnc2ccccc12)N1C[C@H]2CC[C@@H]1CN(Cc1ccccc1)C2. The van der Waals surface area contributed by atoms with E-state index in [9.17, 15) is 4.79 Å². The van der Waals surface area contributed by atoms with Gasteiger partial charge in [0.15, 0.2) is 0 Å². The Labute approximate surface area is 165 Å². The molecule has 3 aromatic rings. The Balaban J connectivity index is 1.40. The summed E-state index contributed by atoms with van der Waals surface area (Å²) in [6, 6.07) is 20.8. The highest BCUT2D eigenvalue weighted by Gasteiger charge is 2.37. The van der Waals surface area contributed by atoms with Crippen molar-refractivity contribution in [2.45, 2.75) is 25.4 Å². The summed E-state index contributed by atoms with van der Waals surface area (Å²) in [4.78, 5) is 22.6. The third kappa shape index (κ3) is 3.29. The Bertz CT molecular complexity index is 982. The first-order valence-electron chi connectivity index (χ1n) is 10.2. The van der Waals surface area contributed by atoms with E-state index in [0.29, 0.717) is 12.0 Å². The van der Waals surface area contributed by atoms with Gasteiger partial charge in [0.05, 0.1) is 11.1 Å². The Morgan fingerprint density at radius 2 is 1.75 bits per heavy atom. The minimum atomic E-state index is 0.162. The molecule has 1 amide bonds. The van der Waals surface area contributed by atoms with Crippen LogP contribution < -0.4 is 0 Å². The number of piperidine rings is 1. The van der Waals surface area contributed by atoms with E-state index in [4.69, 9.17) is 0 Å². The van der Waals surface area contributed by atoms with Crippen LogP contribution in [0.2, 0.25) is 0 Å². The van der Waals surface area contributed by atoms with Gasteiger partial charge < -0.3 is 4.90 Å². The maximum Gasteiger partial charge on any atom is 0.254 e. The van der Waals surface area contributed by atoms with Crippen LogP contribution in [0.1, 0.15) is 28.8 Å². The molecule has 3 saturated heterocycles. The van der Waals surface area contributed by atoms with Crippen molar-refractivity contribution in [3.8, 4) is 0 Å². The Morgan fingerprint density at radius 1 is 0.929 bits per heavy atom. The molecule has 28 heavy (non-hydrogen) atoms. The zero-order valence-electron chi connectivity index (χ0n) is 16.0. The molecule has 142 valence electrons. The van der Waals surface area contributed by atoms with Gasteiger partial charge in [0.25, 0.3) is 5.91 Å². The molecule has 4 nitrogen and oxygen atoms in total. The van der Waals surface area contributed by atoms with Gasteiger partial charge >= 0.3 is 0 Å². The summed E-state index contributed by atoms with van der Waals surface area (Å²) in [7, 11) is 0. The largest absolute Gasteiger partial charge is 0.334 e. The molecule has 3 aliphatic rings. The normalized spacial score (nSPS) is 22.4. The molecule has 3 aliphatic heterocycles. The molecule has 4 heterocycles. The highest BCUT2D eigenvalue weighted by atomic mass is 16.2. The molecule has 2 atom stereocenters. The number of amides is 1. The van der Waals surface area contributed by atoms with Crippen LogP contribution in [-0.4, -0.2) is 46.4 Å². The van der Waals surface area contributed by atoms with E-state index >= 15 is 0 Å². The maximum absolute atomic E-state index is 13.5. The van der Waals surface area contributed by atoms with Crippen molar-refractivity contribution in [1.29, 1.82) is 0 Å². The van der Waals surface area contributed by atoms with E-state index in [1.54, 1.807) is 6.20 Å². The van der Waals surface area contributed by atoms with Gasteiger partial charge in [0.2, 0.25) is 0 Å². The fraction of sp³-hybridized carbons (Fsp3) is 0.333. The number of benzene rings is 2. The lowest BCUT2D eigenvalue weighted by molar-refractivity contribution is 0.0587. The molecule has 0 unspecified atom stereocenters. The molecular weight excluding hydrogens is 346 g/mol. The summed E-state index contributed by atoms with van der Waals surface area (Å²) in [6.45, 7) is 3.87. The topological polar surface area (TPSA) is 36.4 Å². The van der Waals surface area contributed by atoms with Gasteiger partial charge in [-0.2, -0.15) is 0 Å². The number of para-hydroxylation sites is 1. The predicted molar refractivity (Wildman–Crippen MR) is 111 cm³/mol. The fourth-order valence-corrected chi connectivity index (χ4v) is 4.84. The molecule has 0 N–H and O–H groups in total. The number of hydrogen-bond acceptors (Lipinski definition) is 3. The third-order valence-corrected chi connectivity index (χ3v) is 6.18. The lowest BCUT2D eigenvalue weighted by Gasteiger charge is -2.36. The third-order valence-electron chi connectivity index (χ3n) is 6.18. The number of hydrogen-bond donors (Lipinski definition) is 0. The minimum Gasteiger partial charge on any atom is -0.334 e. The molecule has 2 aromatic carbocycles. The smallest absolute Gasteiger partial charge is 0.254 e. The summed E-state index contributed by atoms with van der Waals surface area (Å²) in [5, 5.41) is 0.955. The summed E-state index contributed by atoms with van der Waals surface area (Å²) in [5.41, 5.74) is 3.02. The van der Waals surface area contributed by atoms with Crippen LogP contribution in [0.25, 0.3) is 10.9 Å². The summed E-state index contributed by atoms with van der Waals surface area (Å²) < 4.78 is 0. The number of rotatable bonds is 3. The molecule has 6 rings (SSSR count). The molecule has 0 spiro atoms. The van der Waals surface area contributed by atoms with Gasteiger partial charge in [-0.05, 0) is 36.5 Å². The zero-order chi connectivity index (χ0) is 18.9. The zero-order valence-corrected chi connectivity index (χ0v) is 16.0. The van der Waals surface area contributed by atoms with Crippen LogP contribution in [0.5, 0.6) is 0 Å². The summed E-state index contributed by atoms with van der Waals surface area (Å²) in [6.07, 6.45) is 4.08. The van der Waals surface area contributed by atoms with E-state index in [1.807, 2.05) is 30.3 Å². The number of aromatic nitrogens is 1. The molecule has 1 aromatic heterocycles. The average Bonchev–Trinajstić information content (AvgIpc) is 3.04. The second kappa shape index (κ2) is 7.36. The van der Waals surface area contributed by atoms with Crippen molar-refractivity contribution < 1.29 is 4.79 Å². The van der Waals surface area contributed by atoms with Gasteiger partial charge in [0.1, 0.15) is 0 Å². The Hall–Kier alpha value is -2.72. The second-order valence-electron chi connectivity index (χ2n) is 8.11. The standard InChI is InChI=1S/C24H25N3O/c28-24(22-12-13-25-23-9-5-4-8-21(22)23)27-16-19-10-11-20(27)17-26(15-19)14-18-6-2-1-3-7-18/h1-9,12-13,19-20H,10-11,14-17H2/t19-,20+/m0/s1. The lowest BCUT2D eigenvalue weighted by Crippen LogP contribution is -2.47. The van der Waals surface area contributed by atoms with Crippen LogP contribution in [0.4, 0.5) is 0 Å². The van der Waals surface area contributed by atoms with E-state index in [0.717, 1.165) is 49.1 Å². The number of nitrogens with zero attached hydrogens (tertiary/aromatic N) is 3. The number of carbonyl (C=O) groups excluding carboxylic acids is 1. The van der Waals surface area contributed by atoms with E-state index in [-0.39, 0.29) is 5.91 Å². The van der Waals surface area contributed by atoms with Crippen molar-refractivity contribution in [2.75, 3.05) is 19.6 Å². The van der Waals surface area contributed by atoms with E-state index < -0.39 is 0 Å². The fourth-order valence-electron chi connectivity index (χ4n) is 4.84. The lowest BCUT2D eigenvalue weighted by atomic mass is 9.94. The van der Waals surface area contributed by atoms with Gasteiger partial charge in [-0.15, -0.1) is 0 Å². The molecule has 0 aliphatic carbocycles. The van der Waals surface area contributed by atoms with Crippen molar-refractivity contribution in [3.05, 3.63) is 78.0 Å². The van der Waals surface area contributed by atoms with Crippen molar-refractivity contribution in [3.63, 3.8) is 0 Å². The minimum absolute atomic E-state index is 0.162. The van der Waals surface area contributed by atoms with Gasteiger partial charge in [-0.1, -0.05) is 48.5 Å². The van der Waals surface area contributed by atoms with Crippen LogP contribution in [0.3, 0.4) is 0 Å². The van der Waals surface area contributed by atoms with Gasteiger partial charge in [-0.3, -0.25) is 14.7 Å². The van der Waals surface area contributed by atoms with Crippen molar-refractivity contribution in [2.24, 2.45) is 5.92 Å². The van der Waals surface area contributed by atoms with Gasteiger partial charge in [-0.25, -0.2) is 0 Å². The molecule has 3 fully saturated rings. The van der Waals surface area contributed by atoms with E-state index in [2.05, 4.69) is 45.1 Å². The second-order valence-corrected chi connectivity index (χ2v) is 8.11. The first kappa shape index (κ1) is 17.4. The van der Waals surface area contributed by atoms with E-state index in [1.165, 1.54) is 12.0 Å². The monoisotopic (exact) mass is 371 g/mol. The highest BCUT2D eigenvalue weighted by Crippen LogP contribution is 2.31. The molecular formula is C24H25N3O. The Morgan fingerprint density at radius 3 is 2.64 bits per heavy atom. The first-order valence-corrected chi connectivity index (χ1v) is 10.2. The van der Waals surface area contributed by atoms with Crippen LogP contribution in [0.15, 0.2) is 66.9 Å². The van der Waals surface area contributed by atoms with Crippen molar-refractivity contribution in [1.82, 2.24) is 14.8 Å². The summed E-state index contributed by atoms with van der Waals surface area (Å²) >= 11 is 0. The van der Waals surface area contributed by atoms with Crippen LogP contribution in [0, 0.1) is 5.92 Å². The predicted octanol–water partition coefficient (Wildman–Crippen LogP) is 3.97.